The van der Waals surface area contributed by atoms with E-state index in [0.29, 0.717) is 5.95 Å². The van der Waals surface area contributed by atoms with E-state index in [0.717, 1.165) is 16.6 Å². The average Bonchev–Trinajstić information content (AvgIpc) is 2.96. The van der Waals surface area contributed by atoms with E-state index in [1.165, 1.54) is 16.7 Å². The molecule has 112 valence electrons. The van der Waals surface area contributed by atoms with Gasteiger partial charge in [-0.3, -0.25) is 0 Å². The van der Waals surface area contributed by atoms with Gasteiger partial charge >= 0.3 is 0 Å². The molecule has 5 heteroatoms. The molecular weight excluding hydrogens is 292 g/mol. The van der Waals surface area contributed by atoms with Gasteiger partial charge in [-0.2, -0.15) is 4.98 Å². The third kappa shape index (κ3) is 3.49. The molecule has 0 bridgehead atoms. The standard InChI is InChI=1S/C17H18N4S/c1-12-7-3-5-9-14(12)11-22-17-19-16(20-21-17)18-15-10-6-4-8-13(15)2/h3-10H,11H2,1-2H3,(H2,18,19,20,21). The van der Waals surface area contributed by atoms with Gasteiger partial charge in [0.25, 0.3) is 0 Å². The van der Waals surface area contributed by atoms with Crippen molar-refractivity contribution in [3.8, 4) is 0 Å². The van der Waals surface area contributed by atoms with Gasteiger partial charge in [-0.25, -0.2) is 5.10 Å². The van der Waals surface area contributed by atoms with E-state index in [-0.39, 0.29) is 0 Å². The van der Waals surface area contributed by atoms with Gasteiger partial charge in [-0.1, -0.05) is 54.2 Å². The molecule has 2 aromatic carbocycles. The topological polar surface area (TPSA) is 53.6 Å². The maximum Gasteiger partial charge on any atom is 0.223 e. The van der Waals surface area contributed by atoms with Crippen LogP contribution in [0.15, 0.2) is 53.7 Å². The van der Waals surface area contributed by atoms with E-state index < -0.39 is 0 Å². The lowest BCUT2D eigenvalue weighted by molar-refractivity contribution is 0.973. The van der Waals surface area contributed by atoms with E-state index in [2.05, 4.69) is 64.7 Å². The fourth-order valence-corrected chi connectivity index (χ4v) is 3.00. The summed E-state index contributed by atoms with van der Waals surface area (Å²) in [6, 6.07) is 16.5. The molecule has 0 aliphatic heterocycles. The predicted octanol–water partition coefficient (Wildman–Crippen LogP) is 4.46. The Morgan fingerprint density at radius 1 is 1.00 bits per heavy atom. The highest BCUT2D eigenvalue weighted by atomic mass is 32.2. The number of benzene rings is 2. The first-order chi connectivity index (χ1) is 10.7. The lowest BCUT2D eigenvalue weighted by Gasteiger charge is -2.05. The minimum absolute atomic E-state index is 0.668. The first-order valence-electron chi connectivity index (χ1n) is 7.15. The van der Waals surface area contributed by atoms with Crippen LogP contribution in [-0.4, -0.2) is 15.2 Å². The number of aryl methyl sites for hydroxylation is 2. The lowest BCUT2D eigenvalue weighted by atomic mass is 10.1. The molecule has 3 aromatic rings. The van der Waals surface area contributed by atoms with E-state index in [1.54, 1.807) is 11.8 Å². The molecule has 0 saturated carbocycles. The van der Waals surface area contributed by atoms with Crippen LogP contribution in [0, 0.1) is 13.8 Å². The Hall–Kier alpha value is -2.27. The van der Waals surface area contributed by atoms with Crippen molar-refractivity contribution in [2.75, 3.05) is 5.32 Å². The summed E-state index contributed by atoms with van der Waals surface area (Å²) in [5, 5.41) is 11.2. The van der Waals surface area contributed by atoms with Crippen LogP contribution in [0.25, 0.3) is 0 Å². The molecular formula is C17H18N4S. The average molecular weight is 310 g/mol. The number of nitrogens with one attached hydrogen (secondary N) is 2. The normalized spacial score (nSPS) is 10.6. The molecule has 1 heterocycles. The Balaban J connectivity index is 1.64. The van der Waals surface area contributed by atoms with Crippen molar-refractivity contribution in [3.63, 3.8) is 0 Å². The summed E-state index contributed by atoms with van der Waals surface area (Å²) in [4.78, 5) is 4.48. The Kier molecular flexibility index (Phi) is 4.44. The number of anilines is 2. The number of rotatable bonds is 5. The largest absolute Gasteiger partial charge is 0.324 e. The lowest BCUT2D eigenvalue weighted by Crippen LogP contribution is -1.94. The number of H-pyrrole nitrogens is 1. The van der Waals surface area contributed by atoms with Gasteiger partial charge < -0.3 is 5.32 Å². The Morgan fingerprint density at radius 2 is 1.73 bits per heavy atom. The summed E-state index contributed by atoms with van der Waals surface area (Å²) in [5.41, 5.74) is 4.82. The first-order valence-corrected chi connectivity index (χ1v) is 8.13. The highest BCUT2D eigenvalue weighted by Gasteiger charge is 2.06. The maximum atomic E-state index is 4.48. The third-order valence-electron chi connectivity index (χ3n) is 3.48. The number of para-hydroxylation sites is 1. The number of hydrogen-bond acceptors (Lipinski definition) is 4. The van der Waals surface area contributed by atoms with Crippen molar-refractivity contribution >= 4 is 23.4 Å². The van der Waals surface area contributed by atoms with Crippen molar-refractivity contribution < 1.29 is 0 Å². The van der Waals surface area contributed by atoms with Crippen LogP contribution >= 0.6 is 11.8 Å². The van der Waals surface area contributed by atoms with Gasteiger partial charge in [-0.05, 0) is 36.6 Å². The predicted molar refractivity (Wildman–Crippen MR) is 91.6 cm³/mol. The zero-order valence-electron chi connectivity index (χ0n) is 12.6. The minimum Gasteiger partial charge on any atom is -0.324 e. The quantitative estimate of drug-likeness (QED) is 0.683. The maximum absolute atomic E-state index is 4.48. The molecule has 0 unspecified atom stereocenters. The minimum atomic E-state index is 0.668. The van der Waals surface area contributed by atoms with Crippen molar-refractivity contribution in [3.05, 3.63) is 65.2 Å². The van der Waals surface area contributed by atoms with Gasteiger partial charge in [0.2, 0.25) is 11.1 Å². The first kappa shape index (κ1) is 14.7. The van der Waals surface area contributed by atoms with Gasteiger partial charge in [0.15, 0.2) is 0 Å². The molecule has 2 N–H and O–H groups in total. The zero-order valence-corrected chi connectivity index (χ0v) is 13.4. The fourth-order valence-electron chi connectivity index (χ4n) is 2.12. The summed E-state index contributed by atoms with van der Waals surface area (Å²) in [6.45, 7) is 4.19. The second-order valence-electron chi connectivity index (χ2n) is 5.12. The van der Waals surface area contributed by atoms with Crippen molar-refractivity contribution in [1.82, 2.24) is 15.2 Å². The van der Waals surface area contributed by atoms with Gasteiger partial charge in [0.05, 0.1) is 0 Å². The Labute approximate surface area is 134 Å². The Bertz CT molecular complexity index is 767. The van der Waals surface area contributed by atoms with E-state index in [9.17, 15) is 0 Å². The van der Waals surface area contributed by atoms with E-state index in [1.807, 2.05) is 18.2 Å². The van der Waals surface area contributed by atoms with Crippen LogP contribution in [0.3, 0.4) is 0 Å². The second-order valence-corrected chi connectivity index (χ2v) is 6.06. The van der Waals surface area contributed by atoms with Gasteiger partial charge in [0, 0.05) is 11.4 Å². The van der Waals surface area contributed by atoms with Crippen LogP contribution < -0.4 is 5.32 Å². The molecule has 3 rings (SSSR count). The summed E-state index contributed by atoms with van der Waals surface area (Å²) in [7, 11) is 0. The highest BCUT2D eigenvalue weighted by Crippen LogP contribution is 2.23. The summed E-state index contributed by atoms with van der Waals surface area (Å²) in [6.07, 6.45) is 0. The van der Waals surface area contributed by atoms with Gasteiger partial charge in [-0.15, -0.1) is 5.10 Å². The SMILES string of the molecule is Cc1ccccc1CSc1n[nH]c(Nc2ccccc2C)n1. The molecule has 4 nitrogen and oxygen atoms in total. The number of aromatic nitrogens is 3. The zero-order chi connectivity index (χ0) is 15.4. The van der Waals surface area contributed by atoms with E-state index >= 15 is 0 Å². The number of thioether (sulfide) groups is 1. The van der Waals surface area contributed by atoms with Crippen LogP contribution in [0.5, 0.6) is 0 Å². The molecule has 0 fully saturated rings. The molecule has 0 spiro atoms. The van der Waals surface area contributed by atoms with Crippen LogP contribution in [0.2, 0.25) is 0 Å². The summed E-state index contributed by atoms with van der Waals surface area (Å²) in [5.74, 6) is 1.54. The molecule has 0 atom stereocenters. The highest BCUT2D eigenvalue weighted by molar-refractivity contribution is 7.98. The second kappa shape index (κ2) is 6.66. The number of hydrogen-bond donors (Lipinski definition) is 2. The molecule has 0 saturated heterocycles. The molecule has 0 aliphatic carbocycles. The molecule has 0 radical (unpaired) electrons. The summed E-state index contributed by atoms with van der Waals surface area (Å²) >= 11 is 1.63. The van der Waals surface area contributed by atoms with E-state index in [4.69, 9.17) is 0 Å². The van der Waals surface area contributed by atoms with Crippen molar-refractivity contribution in [1.29, 1.82) is 0 Å². The number of nitrogens with zero attached hydrogens (tertiary/aromatic N) is 2. The van der Waals surface area contributed by atoms with Crippen molar-refractivity contribution in [2.45, 2.75) is 24.8 Å². The molecule has 22 heavy (non-hydrogen) atoms. The number of aromatic amines is 1. The smallest absolute Gasteiger partial charge is 0.223 e. The van der Waals surface area contributed by atoms with Crippen LogP contribution in [0.1, 0.15) is 16.7 Å². The molecule has 0 amide bonds. The van der Waals surface area contributed by atoms with Crippen molar-refractivity contribution in [2.24, 2.45) is 0 Å². The molecule has 0 aliphatic rings. The fraction of sp³-hybridized carbons (Fsp3) is 0.176. The monoisotopic (exact) mass is 310 g/mol. The third-order valence-corrected chi connectivity index (χ3v) is 4.38. The molecule has 1 aromatic heterocycles. The van der Waals surface area contributed by atoms with Gasteiger partial charge in [0.1, 0.15) is 0 Å². The van der Waals surface area contributed by atoms with Crippen LogP contribution in [-0.2, 0) is 5.75 Å². The Morgan fingerprint density at radius 3 is 2.50 bits per heavy atom. The van der Waals surface area contributed by atoms with Crippen LogP contribution in [0.4, 0.5) is 11.6 Å². The summed E-state index contributed by atoms with van der Waals surface area (Å²) < 4.78 is 0.